The van der Waals surface area contributed by atoms with Crippen molar-refractivity contribution in [2.24, 2.45) is 0 Å². The Labute approximate surface area is 112 Å². The Balaban J connectivity index is 2.24. The maximum atomic E-state index is 12.3. The van der Waals surface area contributed by atoms with Gasteiger partial charge in [0.2, 0.25) is 0 Å². The molecule has 5 heteroatoms. The Bertz CT molecular complexity index is 487. The lowest BCUT2D eigenvalue weighted by atomic mass is 10.1. The molecule has 0 saturated carbocycles. The third-order valence-corrected chi connectivity index (χ3v) is 3.29. The molecule has 0 aromatic heterocycles. The van der Waals surface area contributed by atoms with Crippen LogP contribution in [-0.4, -0.2) is 42.1 Å². The van der Waals surface area contributed by atoms with E-state index in [4.69, 9.17) is 5.11 Å². The van der Waals surface area contributed by atoms with E-state index in [1.807, 2.05) is 24.3 Å². The zero-order valence-corrected chi connectivity index (χ0v) is 11.0. The summed E-state index contributed by atoms with van der Waals surface area (Å²) < 4.78 is 0. The van der Waals surface area contributed by atoms with Gasteiger partial charge in [-0.15, -0.1) is 0 Å². The molecule has 2 rings (SSSR count). The lowest BCUT2D eigenvalue weighted by molar-refractivity contribution is -0.137. The zero-order valence-electron chi connectivity index (χ0n) is 11.0. The molecule has 0 bridgehead atoms. The topological polar surface area (TPSA) is 60.9 Å². The van der Waals surface area contributed by atoms with Crippen LogP contribution < -0.4 is 4.90 Å². The minimum absolute atomic E-state index is 0.253. The van der Waals surface area contributed by atoms with Crippen molar-refractivity contribution >= 4 is 17.7 Å². The first kappa shape index (κ1) is 13.4. The van der Waals surface area contributed by atoms with E-state index < -0.39 is 5.97 Å². The molecule has 2 amide bonds. The van der Waals surface area contributed by atoms with E-state index in [1.165, 1.54) is 11.9 Å². The fraction of sp³-hybridized carbons (Fsp3) is 0.429. The second kappa shape index (κ2) is 5.73. The number of rotatable bonds is 2. The van der Waals surface area contributed by atoms with Crippen LogP contribution >= 0.6 is 0 Å². The number of anilines is 1. The second-order valence-electron chi connectivity index (χ2n) is 4.77. The second-order valence-corrected chi connectivity index (χ2v) is 4.77. The quantitative estimate of drug-likeness (QED) is 0.886. The molecule has 0 unspecified atom stereocenters. The summed E-state index contributed by atoms with van der Waals surface area (Å²) >= 11 is 0. The maximum Gasteiger partial charge on any atom is 0.324 e. The molecule has 0 radical (unpaired) electrons. The number of likely N-dealkylation sites (N-methyl/N-ethyl adjacent to an activating group) is 1. The van der Waals surface area contributed by atoms with Crippen LogP contribution in [0, 0.1) is 0 Å². The van der Waals surface area contributed by atoms with E-state index in [1.54, 1.807) is 4.90 Å². The zero-order chi connectivity index (χ0) is 13.8. The number of hydrogen-bond donors (Lipinski definition) is 1. The molecule has 1 heterocycles. The molecule has 0 aliphatic carbocycles. The lowest BCUT2D eigenvalue weighted by Gasteiger charge is -2.27. The number of urea groups is 1. The van der Waals surface area contributed by atoms with Crippen molar-refractivity contribution in [2.75, 3.05) is 25.0 Å². The Morgan fingerprint density at radius 1 is 1.32 bits per heavy atom. The van der Waals surface area contributed by atoms with Gasteiger partial charge in [-0.05, 0) is 30.9 Å². The highest BCUT2D eigenvalue weighted by Crippen LogP contribution is 2.26. The molecule has 19 heavy (non-hydrogen) atoms. The number of carboxylic acid groups (broad SMARTS) is 1. The van der Waals surface area contributed by atoms with Crippen LogP contribution in [0.5, 0.6) is 0 Å². The largest absolute Gasteiger partial charge is 0.480 e. The Morgan fingerprint density at radius 3 is 2.79 bits per heavy atom. The van der Waals surface area contributed by atoms with Crippen molar-refractivity contribution < 1.29 is 14.7 Å². The molecular formula is C14H18N2O3. The number of benzene rings is 1. The van der Waals surface area contributed by atoms with Gasteiger partial charge in [0, 0.05) is 19.3 Å². The summed E-state index contributed by atoms with van der Waals surface area (Å²) in [5.74, 6) is -1.00. The normalized spacial score (nSPS) is 14.5. The summed E-state index contributed by atoms with van der Waals surface area (Å²) in [6.45, 7) is 0.358. The number of carbonyl (C=O) groups is 2. The summed E-state index contributed by atoms with van der Waals surface area (Å²) in [6.07, 6.45) is 2.94. The number of hydrogen-bond acceptors (Lipinski definition) is 2. The Hall–Kier alpha value is -2.04. The number of nitrogens with zero attached hydrogens (tertiary/aromatic N) is 2. The monoisotopic (exact) mass is 262 g/mol. The van der Waals surface area contributed by atoms with E-state index in [-0.39, 0.29) is 12.6 Å². The van der Waals surface area contributed by atoms with Gasteiger partial charge in [0.15, 0.2) is 0 Å². The van der Waals surface area contributed by atoms with Crippen molar-refractivity contribution in [2.45, 2.75) is 19.3 Å². The maximum absolute atomic E-state index is 12.3. The van der Waals surface area contributed by atoms with Crippen LogP contribution in [0.15, 0.2) is 24.3 Å². The molecule has 1 aliphatic rings. The highest BCUT2D eigenvalue weighted by atomic mass is 16.4. The molecule has 0 fully saturated rings. The average Bonchev–Trinajstić information content (AvgIpc) is 2.59. The third kappa shape index (κ3) is 3.05. The van der Waals surface area contributed by atoms with Gasteiger partial charge in [-0.1, -0.05) is 18.2 Å². The highest BCUT2D eigenvalue weighted by molar-refractivity contribution is 5.94. The van der Waals surface area contributed by atoms with Crippen molar-refractivity contribution in [3.05, 3.63) is 29.8 Å². The number of fused-ring (bicyclic) bond motifs is 1. The molecular weight excluding hydrogens is 244 g/mol. The SMILES string of the molecule is CN(CC(=O)O)C(=O)N1CCCCc2ccccc21. The number of aryl methyl sites for hydroxylation is 1. The van der Waals surface area contributed by atoms with Crippen LogP contribution in [0.4, 0.5) is 10.5 Å². The van der Waals surface area contributed by atoms with Crippen molar-refractivity contribution in [3.63, 3.8) is 0 Å². The number of carboxylic acids is 1. The lowest BCUT2D eigenvalue weighted by Crippen LogP contribution is -2.43. The summed E-state index contributed by atoms with van der Waals surface area (Å²) in [7, 11) is 1.52. The first-order chi connectivity index (χ1) is 9.09. The Morgan fingerprint density at radius 2 is 2.05 bits per heavy atom. The van der Waals surface area contributed by atoms with E-state index in [0.717, 1.165) is 30.5 Å². The summed E-state index contributed by atoms with van der Waals surface area (Å²) in [4.78, 5) is 26.0. The van der Waals surface area contributed by atoms with Crippen LogP contribution in [0.1, 0.15) is 18.4 Å². The van der Waals surface area contributed by atoms with Crippen molar-refractivity contribution in [1.29, 1.82) is 0 Å². The van der Waals surface area contributed by atoms with Gasteiger partial charge in [-0.25, -0.2) is 4.79 Å². The number of carbonyl (C=O) groups excluding carboxylic acids is 1. The average molecular weight is 262 g/mol. The molecule has 1 aliphatic heterocycles. The van der Waals surface area contributed by atoms with Gasteiger partial charge < -0.3 is 10.0 Å². The standard InChI is InChI=1S/C14H18N2O3/c1-15(10-13(17)18)14(19)16-9-5-4-7-11-6-2-3-8-12(11)16/h2-3,6,8H,4-5,7,9-10H2,1H3,(H,17,18). The predicted molar refractivity (Wildman–Crippen MR) is 72.4 cm³/mol. The van der Waals surface area contributed by atoms with Gasteiger partial charge in [0.25, 0.3) is 0 Å². The molecule has 0 saturated heterocycles. The van der Waals surface area contributed by atoms with Crippen molar-refractivity contribution in [3.8, 4) is 0 Å². The molecule has 5 nitrogen and oxygen atoms in total. The molecule has 0 spiro atoms. The van der Waals surface area contributed by atoms with Crippen LogP contribution in [0.25, 0.3) is 0 Å². The van der Waals surface area contributed by atoms with Gasteiger partial charge in [0.1, 0.15) is 6.54 Å². The molecule has 1 aromatic rings. The molecule has 0 atom stereocenters. The minimum atomic E-state index is -1.00. The fourth-order valence-electron chi connectivity index (χ4n) is 2.37. The minimum Gasteiger partial charge on any atom is -0.480 e. The molecule has 1 aromatic carbocycles. The van der Waals surface area contributed by atoms with Crippen molar-refractivity contribution in [1.82, 2.24) is 4.90 Å². The smallest absolute Gasteiger partial charge is 0.324 e. The highest BCUT2D eigenvalue weighted by Gasteiger charge is 2.24. The van der Waals surface area contributed by atoms with Crippen LogP contribution in [0.2, 0.25) is 0 Å². The number of aliphatic carboxylic acids is 1. The van der Waals surface area contributed by atoms with E-state index in [9.17, 15) is 9.59 Å². The predicted octanol–water partition coefficient (Wildman–Crippen LogP) is 1.97. The van der Waals surface area contributed by atoms with Gasteiger partial charge in [-0.3, -0.25) is 9.69 Å². The van der Waals surface area contributed by atoms with Gasteiger partial charge in [-0.2, -0.15) is 0 Å². The Kier molecular flexibility index (Phi) is 4.04. The first-order valence-electron chi connectivity index (χ1n) is 6.42. The summed E-state index contributed by atoms with van der Waals surface area (Å²) in [5.41, 5.74) is 2.05. The van der Waals surface area contributed by atoms with E-state index in [2.05, 4.69) is 0 Å². The summed E-state index contributed by atoms with van der Waals surface area (Å²) in [6, 6.07) is 7.57. The van der Waals surface area contributed by atoms with E-state index in [0.29, 0.717) is 6.54 Å². The van der Waals surface area contributed by atoms with E-state index >= 15 is 0 Å². The summed E-state index contributed by atoms with van der Waals surface area (Å²) in [5, 5.41) is 8.77. The third-order valence-electron chi connectivity index (χ3n) is 3.29. The van der Waals surface area contributed by atoms with Crippen LogP contribution in [-0.2, 0) is 11.2 Å². The molecule has 102 valence electrons. The van der Waals surface area contributed by atoms with Gasteiger partial charge >= 0.3 is 12.0 Å². The number of amides is 2. The fourth-order valence-corrected chi connectivity index (χ4v) is 2.37. The number of para-hydroxylation sites is 1. The van der Waals surface area contributed by atoms with Gasteiger partial charge in [0.05, 0.1) is 0 Å². The van der Waals surface area contributed by atoms with Crippen LogP contribution in [0.3, 0.4) is 0 Å². The molecule has 1 N–H and O–H groups in total. The first-order valence-corrected chi connectivity index (χ1v) is 6.42.